The summed E-state index contributed by atoms with van der Waals surface area (Å²) in [6.45, 7) is 0. The van der Waals surface area contributed by atoms with E-state index in [0.717, 1.165) is 40.7 Å². The molecular formula is C47H33N5. The first-order valence-electron chi connectivity index (χ1n) is 17.8. The molecule has 0 atom stereocenters. The highest BCUT2D eigenvalue weighted by atomic mass is 15.0. The molecule has 0 aliphatic heterocycles. The maximum atomic E-state index is 5.05. The molecule has 1 aliphatic rings. The van der Waals surface area contributed by atoms with E-state index in [1.54, 1.807) is 0 Å². The highest BCUT2D eigenvalue weighted by Crippen LogP contribution is 2.40. The zero-order chi connectivity index (χ0) is 34.4. The highest BCUT2D eigenvalue weighted by Gasteiger charge is 2.19. The molecule has 0 spiro atoms. The normalized spacial score (nSPS) is 12.9. The van der Waals surface area contributed by atoms with Gasteiger partial charge in [0.1, 0.15) is 0 Å². The number of nitrogens with zero attached hydrogens (tertiary/aromatic N) is 5. The van der Waals surface area contributed by atoms with Crippen molar-refractivity contribution in [3.8, 4) is 51.0 Å². The quantitative estimate of drug-likeness (QED) is 0.177. The van der Waals surface area contributed by atoms with E-state index in [4.69, 9.17) is 15.0 Å². The lowest BCUT2D eigenvalue weighted by Gasteiger charge is -2.13. The largest absolute Gasteiger partial charge is 0.317 e. The molecule has 10 rings (SSSR count). The van der Waals surface area contributed by atoms with E-state index >= 15 is 0 Å². The second kappa shape index (κ2) is 12.5. The van der Waals surface area contributed by atoms with Crippen LogP contribution in [0, 0.1) is 0 Å². The molecule has 0 fully saturated rings. The van der Waals surface area contributed by atoms with Gasteiger partial charge in [0.25, 0.3) is 0 Å². The third-order valence-electron chi connectivity index (χ3n) is 10.0. The van der Waals surface area contributed by atoms with Crippen LogP contribution in [0.15, 0.2) is 176 Å². The summed E-state index contributed by atoms with van der Waals surface area (Å²) in [6.07, 6.45) is 11.2. The number of hydrogen-bond acceptors (Lipinski definition) is 3. The molecule has 3 heterocycles. The number of fused-ring (bicyclic) bond motifs is 5. The molecule has 0 amide bonds. The van der Waals surface area contributed by atoms with E-state index in [1.807, 2.05) is 60.7 Å². The van der Waals surface area contributed by atoms with Crippen LogP contribution in [-0.4, -0.2) is 24.1 Å². The fourth-order valence-corrected chi connectivity index (χ4v) is 7.53. The summed E-state index contributed by atoms with van der Waals surface area (Å²) >= 11 is 0. The topological polar surface area (TPSA) is 48.5 Å². The van der Waals surface area contributed by atoms with Crippen molar-refractivity contribution in [2.24, 2.45) is 0 Å². The first-order chi connectivity index (χ1) is 25.8. The minimum atomic E-state index is 0.633. The summed E-state index contributed by atoms with van der Waals surface area (Å²) in [6, 6.07) is 53.2. The fourth-order valence-electron chi connectivity index (χ4n) is 7.53. The van der Waals surface area contributed by atoms with E-state index in [1.165, 1.54) is 44.0 Å². The molecule has 9 aromatic rings. The molecule has 246 valence electrons. The molecule has 0 saturated heterocycles. The third-order valence-corrected chi connectivity index (χ3v) is 10.0. The molecule has 0 unspecified atom stereocenters. The van der Waals surface area contributed by atoms with Gasteiger partial charge >= 0.3 is 0 Å². The van der Waals surface area contributed by atoms with E-state index in [9.17, 15) is 0 Å². The Balaban J connectivity index is 1.21. The van der Waals surface area contributed by atoms with Gasteiger partial charge in [0.05, 0.1) is 16.6 Å². The first-order valence-corrected chi connectivity index (χ1v) is 17.8. The summed E-state index contributed by atoms with van der Waals surface area (Å²) < 4.78 is 4.73. The zero-order valence-corrected chi connectivity index (χ0v) is 28.4. The molecule has 5 nitrogen and oxygen atoms in total. The van der Waals surface area contributed by atoms with Crippen molar-refractivity contribution in [1.29, 1.82) is 0 Å². The van der Waals surface area contributed by atoms with Crippen LogP contribution < -0.4 is 0 Å². The maximum Gasteiger partial charge on any atom is 0.164 e. The molecule has 3 aromatic heterocycles. The van der Waals surface area contributed by atoms with E-state index in [2.05, 4.69) is 125 Å². The molecule has 0 saturated carbocycles. The zero-order valence-electron chi connectivity index (χ0n) is 28.4. The number of benzene rings is 6. The van der Waals surface area contributed by atoms with Crippen molar-refractivity contribution in [2.75, 3.05) is 0 Å². The Kier molecular flexibility index (Phi) is 7.21. The molecule has 1 aliphatic carbocycles. The summed E-state index contributed by atoms with van der Waals surface area (Å²) in [5, 5.41) is 3.64. The summed E-state index contributed by atoms with van der Waals surface area (Å²) in [5.74, 6) is 1.93. The number of aromatic nitrogens is 5. The van der Waals surface area contributed by atoms with Gasteiger partial charge in [0.2, 0.25) is 0 Å². The Hall–Kier alpha value is -6.85. The monoisotopic (exact) mass is 667 g/mol. The van der Waals surface area contributed by atoms with Gasteiger partial charge in [-0.05, 0) is 66.4 Å². The Bertz CT molecular complexity index is 2770. The van der Waals surface area contributed by atoms with Crippen LogP contribution in [0.5, 0.6) is 0 Å². The Morgan fingerprint density at radius 3 is 1.75 bits per heavy atom. The summed E-state index contributed by atoms with van der Waals surface area (Å²) in [4.78, 5) is 15.0. The summed E-state index contributed by atoms with van der Waals surface area (Å²) in [5.41, 5.74) is 11.0. The van der Waals surface area contributed by atoms with Crippen LogP contribution in [0.25, 0.3) is 89.4 Å². The van der Waals surface area contributed by atoms with E-state index < -0.39 is 0 Å². The van der Waals surface area contributed by atoms with Crippen LogP contribution in [0.3, 0.4) is 0 Å². The molecule has 0 N–H and O–H groups in total. The van der Waals surface area contributed by atoms with Crippen molar-refractivity contribution >= 4 is 38.4 Å². The minimum Gasteiger partial charge on any atom is -0.317 e. The fraction of sp³-hybridized carbons (Fsp3) is 0.0426. The van der Waals surface area contributed by atoms with Crippen LogP contribution in [0.2, 0.25) is 0 Å². The van der Waals surface area contributed by atoms with E-state index in [-0.39, 0.29) is 0 Å². The van der Waals surface area contributed by atoms with Crippen molar-refractivity contribution in [3.05, 3.63) is 176 Å². The van der Waals surface area contributed by atoms with Gasteiger partial charge in [-0.2, -0.15) is 0 Å². The Labute approximate surface area is 301 Å². The summed E-state index contributed by atoms with van der Waals surface area (Å²) in [7, 11) is 0. The second-order valence-corrected chi connectivity index (χ2v) is 13.2. The van der Waals surface area contributed by atoms with Gasteiger partial charge in [0.15, 0.2) is 17.5 Å². The predicted octanol–water partition coefficient (Wildman–Crippen LogP) is 11.8. The molecule has 6 aromatic carbocycles. The lowest BCUT2D eigenvalue weighted by molar-refractivity contribution is 1.01. The number of hydrogen-bond donors (Lipinski definition) is 0. The number of allylic oxidation sites excluding steroid dienone is 4. The lowest BCUT2D eigenvalue weighted by Crippen LogP contribution is -2.01. The van der Waals surface area contributed by atoms with E-state index in [0.29, 0.717) is 17.5 Å². The van der Waals surface area contributed by atoms with Crippen LogP contribution in [0.4, 0.5) is 0 Å². The average molecular weight is 668 g/mol. The van der Waals surface area contributed by atoms with Gasteiger partial charge in [-0.15, -0.1) is 0 Å². The van der Waals surface area contributed by atoms with Gasteiger partial charge in [0, 0.05) is 50.4 Å². The smallest absolute Gasteiger partial charge is 0.164 e. The molecular weight excluding hydrogens is 635 g/mol. The Morgan fingerprint density at radius 2 is 1.08 bits per heavy atom. The van der Waals surface area contributed by atoms with Crippen molar-refractivity contribution < 1.29 is 0 Å². The average Bonchev–Trinajstić information content (AvgIpc) is 3.81. The lowest BCUT2D eigenvalue weighted by atomic mass is 10.0. The predicted molar refractivity (Wildman–Crippen MR) is 214 cm³/mol. The van der Waals surface area contributed by atoms with Crippen LogP contribution in [0.1, 0.15) is 12.8 Å². The maximum absolute atomic E-state index is 5.05. The second-order valence-electron chi connectivity index (χ2n) is 13.2. The SMILES string of the molecule is C1=CC(n2ccc3c2ccc2c4cc(-c5ccccc5)ccc4n(-c4cccc(-c5nc(-c6ccccc6)nc(-c6ccccc6)n5)c4)c23)=CCC1. The highest BCUT2D eigenvalue weighted by molar-refractivity contribution is 6.19. The van der Waals surface area contributed by atoms with Crippen molar-refractivity contribution in [2.45, 2.75) is 12.8 Å². The number of rotatable bonds is 6. The van der Waals surface area contributed by atoms with Crippen LogP contribution in [-0.2, 0) is 0 Å². The first kappa shape index (κ1) is 30.0. The van der Waals surface area contributed by atoms with Gasteiger partial charge in [-0.3, -0.25) is 0 Å². The molecule has 5 heteroatoms. The third kappa shape index (κ3) is 5.14. The standard InChI is InChI=1S/C47H33N5/c1-5-14-32(15-6-1)35-24-26-43-41(31-35)39-25-27-42-40(28-29-51(42)37-21-11-4-12-22-37)44(39)52(43)38-23-13-20-36(30-38)47-49-45(33-16-7-2-8-17-33)48-46(50-47)34-18-9-3-10-19-34/h1-3,5-11,13-31H,4,12H2. The minimum absolute atomic E-state index is 0.633. The molecule has 52 heavy (non-hydrogen) atoms. The molecule has 0 bridgehead atoms. The van der Waals surface area contributed by atoms with Gasteiger partial charge in [-0.1, -0.05) is 127 Å². The van der Waals surface area contributed by atoms with Crippen LogP contribution >= 0.6 is 0 Å². The van der Waals surface area contributed by atoms with Gasteiger partial charge in [-0.25, -0.2) is 15.0 Å². The van der Waals surface area contributed by atoms with Crippen molar-refractivity contribution in [3.63, 3.8) is 0 Å². The Morgan fingerprint density at radius 1 is 0.442 bits per heavy atom. The molecule has 0 radical (unpaired) electrons. The van der Waals surface area contributed by atoms with Crippen molar-refractivity contribution in [1.82, 2.24) is 24.1 Å². The van der Waals surface area contributed by atoms with Gasteiger partial charge < -0.3 is 9.13 Å².